The molecule has 1 N–H and O–H groups in total. The van der Waals surface area contributed by atoms with Crippen molar-refractivity contribution < 1.29 is 0 Å². The number of hydrogen-bond donors (Lipinski definition) is 1. The third kappa shape index (κ3) is 1.92. The molecule has 0 radical (unpaired) electrons. The first kappa shape index (κ1) is 6.97. The van der Waals surface area contributed by atoms with Crippen molar-refractivity contribution in [2.45, 2.75) is 0 Å². The molecule has 0 unspecified atom stereocenters. The van der Waals surface area contributed by atoms with Gasteiger partial charge in [0.25, 0.3) is 0 Å². The van der Waals surface area contributed by atoms with E-state index in [0.29, 0.717) is 12.4 Å². The molecule has 0 atom stereocenters. The van der Waals surface area contributed by atoms with Crippen LogP contribution in [-0.2, 0) is 0 Å². The third-order valence-electron chi connectivity index (χ3n) is 1.09. The Kier molecular flexibility index (Phi) is 2.43. The van der Waals surface area contributed by atoms with E-state index < -0.39 is 0 Å². The van der Waals surface area contributed by atoms with Gasteiger partial charge in [-0.15, -0.1) is 11.6 Å². The number of dihydropyridines is 1. The Morgan fingerprint density at radius 2 is 2.33 bits per heavy atom. The van der Waals surface area contributed by atoms with E-state index >= 15 is 0 Å². The van der Waals surface area contributed by atoms with Gasteiger partial charge in [0.05, 0.1) is 12.4 Å². The van der Waals surface area contributed by atoms with Crippen LogP contribution >= 0.6 is 23.2 Å². The minimum absolute atomic E-state index is 0.528. The van der Waals surface area contributed by atoms with Gasteiger partial charge < -0.3 is 5.32 Å². The van der Waals surface area contributed by atoms with E-state index in [1.807, 2.05) is 12.2 Å². The van der Waals surface area contributed by atoms with E-state index in [9.17, 15) is 0 Å². The van der Waals surface area contributed by atoms with Crippen LogP contribution in [0.15, 0.2) is 22.9 Å². The summed E-state index contributed by atoms with van der Waals surface area (Å²) < 4.78 is 0. The molecule has 1 rings (SSSR count). The summed E-state index contributed by atoms with van der Waals surface area (Å²) in [5.74, 6) is 0.528. The lowest BCUT2D eigenvalue weighted by Crippen LogP contribution is -2.18. The number of alkyl halides is 1. The van der Waals surface area contributed by atoms with Crippen molar-refractivity contribution in [2.75, 3.05) is 12.4 Å². The maximum Gasteiger partial charge on any atom is 0.0621 e. The fraction of sp³-hybridized carbons (Fsp3) is 0.333. The summed E-state index contributed by atoms with van der Waals surface area (Å²) in [5.41, 5.74) is 1.03. The Bertz CT molecular complexity index is 160. The molecule has 0 spiro atoms. The molecule has 0 aromatic heterocycles. The molecule has 0 fully saturated rings. The Balaban J connectivity index is 2.59. The quantitative estimate of drug-likeness (QED) is 0.583. The fourth-order valence-corrected chi connectivity index (χ4v) is 0.912. The van der Waals surface area contributed by atoms with Gasteiger partial charge in [0, 0.05) is 10.7 Å². The number of hydrogen-bond acceptors (Lipinski definition) is 1. The van der Waals surface area contributed by atoms with Crippen molar-refractivity contribution in [3.8, 4) is 0 Å². The Hall–Kier alpha value is -0.140. The fourth-order valence-electron chi connectivity index (χ4n) is 0.599. The molecule has 0 saturated carbocycles. The second-order valence-electron chi connectivity index (χ2n) is 1.79. The molecule has 0 aromatic rings. The molecule has 1 nitrogen and oxygen atoms in total. The van der Waals surface area contributed by atoms with E-state index in [0.717, 1.165) is 10.7 Å². The molecule has 1 aliphatic rings. The monoisotopic (exact) mass is 163 g/mol. The zero-order valence-electron chi connectivity index (χ0n) is 4.82. The lowest BCUT2D eigenvalue weighted by molar-refractivity contribution is 0.884. The van der Waals surface area contributed by atoms with Gasteiger partial charge in [-0.2, -0.15) is 0 Å². The molecule has 1 aliphatic heterocycles. The molecule has 0 saturated heterocycles. The van der Waals surface area contributed by atoms with Crippen LogP contribution in [0.1, 0.15) is 0 Å². The molecule has 3 heteroatoms. The summed E-state index contributed by atoms with van der Waals surface area (Å²) in [6, 6.07) is 0. The number of rotatable bonds is 1. The lowest BCUT2D eigenvalue weighted by atomic mass is 10.3. The third-order valence-corrected chi connectivity index (χ3v) is 1.64. The molecule has 0 amide bonds. The Labute approximate surface area is 64.3 Å². The molecule has 1 heterocycles. The van der Waals surface area contributed by atoms with Crippen LogP contribution in [0.4, 0.5) is 0 Å². The predicted octanol–water partition coefficient (Wildman–Crippen LogP) is 1.83. The van der Waals surface area contributed by atoms with Crippen LogP contribution in [0, 0.1) is 0 Å². The van der Waals surface area contributed by atoms with Crippen molar-refractivity contribution in [1.82, 2.24) is 5.32 Å². The summed E-state index contributed by atoms with van der Waals surface area (Å²) in [7, 11) is 0. The predicted molar refractivity (Wildman–Crippen MR) is 40.7 cm³/mol. The van der Waals surface area contributed by atoms with Gasteiger partial charge in [-0.3, -0.25) is 0 Å². The van der Waals surface area contributed by atoms with E-state index in [1.54, 1.807) is 0 Å². The summed E-state index contributed by atoms with van der Waals surface area (Å²) in [6.45, 7) is 0.708. The second kappa shape index (κ2) is 3.14. The highest BCUT2D eigenvalue weighted by Crippen LogP contribution is 2.07. The van der Waals surface area contributed by atoms with Crippen LogP contribution in [0.25, 0.3) is 0 Å². The minimum Gasteiger partial charge on any atom is -0.382 e. The first-order chi connectivity index (χ1) is 4.33. The number of nitrogens with one attached hydrogen (secondary N) is 1. The average molecular weight is 164 g/mol. The van der Waals surface area contributed by atoms with Crippen LogP contribution in [-0.4, -0.2) is 12.4 Å². The van der Waals surface area contributed by atoms with E-state index in [1.165, 1.54) is 0 Å². The molecule has 50 valence electrons. The minimum atomic E-state index is 0.528. The maximum absolute atomic E-state index is 5.65. The maximum atomic E-state index is 5.65. The summed E-state index contributed by atoms with van der Waals surface area (Å²) >= 11 is 11.2. The topological polar surface area (TPSA) is 12.0 Å². The van der Waals surface area contributed by atoms with Gasteiger partial charge in [0.2, 0.25) is 0 Å². The first-order valence-corrected chi connectivity index (χ1v) is 3.59. The SMILES string of the molecule is ClCC1=CC=C(Cl)CN1. The van der Waals surface area contributed by atoms with Gasteiger partial charge in [0.15, 0.2) is 0 Å². The van der Waals surface area contributed by atoms with Crippen molar-refractivity contribution in [3.05, 3.63) is 22.9 Å². The van der Waals surface area contributed by atoms with Gasteiger partial charge >= 0.3 is 0 Å². The van der Waals surface area contributed by atoms with Crippen LogP contribution in [0.2, 0.25) is 0 Å². The average Bonchev–Trinajstić information content (AvgIpc) is 1.90. The van der Waals surface area contributed by atoms with Crippen LogP contribution in [0.5, 0.6) is 0 Å². The first-order valence-electron chi connectivity index (χ1n) is 2.68. The molecule has 9 heavy (non-hydrogen) atoms. The summed E-state index contributed by atoms with van der Waals surface area (Å²) in [6.07, 6.45) is 3.74. The second-order valence-corrected chi connectivity index (χ2v) is 2.55. The highest BCUT2D eigenvalue weighted by Gasteiger charge is 1.99. The highest BCUT2D eigenvalue weighted by atomic mass is 35.5. The zero-order chi connectivity index (χ0) is 6.69. The van der Waals surface area contributed by atoms with E-state index in [-0.39, 0.29) is 0 Å². The summed E-state index contributed by atoms with van der Waals surface area (Å²) in [4.78, 5) is 0. The Morgan fingerprint density at radius 3 is 2.78 bits per heavy atom. The van der Waals surface area contributed by atoms with Crippen molar-refractivity contribution in [1.29, 1.82) is 0 Å². The number of halogens is 2. The van der Waals surface area contributed by atoms with Crippen molar-refractivity contribution >= 4 is 23.2 Å². The van der Waals surface area contributed by atoms with Crippen LogP contribution in [0.3, 0.4) is 0 Å². The van der Waals surface area contributed by atoms with Gasteiger partial charge in [-0.05, 0) is 12.2 Å². The molecule has 0 aliphatic carbocycles. The largest absolute Gasteiger partial charge is 0.382 e. The van der Waals surface area contributed by atoms with Crippen molar-refractivity contribution in [3.63, 3.8) is 0 Å². The Morgan fingerprint density at radius 1 is 1.56 bits per heavy atom. The zero-order valence-corrected chi connectivity index (χ0v) is 6.34. The lowest BCUT2D eigenvalue weighted by Gasteiger charge is -2.10. The van der Waals surface area contributed by atoms with E-state index in [2.05, 4.69) is 5.32 Å². The van der Waals surface area contributed by atoms with Gasteiger partial charge in [-0.25, -0.2) is 0 Å². The van der Waals surface area contributed by atoms with Crippen LogP contribution < -0.4 is 5.32 Å². The van der Waals surface area contributed by atoms with Gasteiger partial charge in [-0.1, -0.05) is 11.6 Å². The van der Waals surface area contributed by atoms with E-state index in [4.69, 9.17) is 23.2 Å². The normalized spacial score (nSPS) is 18.0. The molecule has 0 aromatic carbocycles. The van der Waals surface area contributed by atoms with Gasteiger partial charge in [0.1, 0.15) is 0 Å². The standard InChI is InChI=1S/C6H7Cl2N/c7-3-6-2-1-5(8)4-9-6/h1-2,9H,3-4H2. The molecule has 0 bridgehead atoms. The van der Waals surface area contributed by atoms with Crippen molar-refractivity contribution in [2.24, 2.45) is 0 Å². The number of allylic oxidation sites excluding steroid dienone is 3. The summed E-state index contributed by atoms with van der Waals surface area (Å²) in [5, 5.41) is 3.87. The molecular formula is C6H7Cl2N. The molecular weight excluding hydrogens is 157 g/mol. The smallest absolute Gasteiger partial charge is 0.0621 e. The highest BCUT2D eigenvalue weighted by molar-refractivity contribution is 6.30.